The zero-order valence-electron chi connectivity index (χ0n) is 16.5. The molecule has 0 aromatic heterocycles. The Morgan fingerprint density at radius 3 is 2.14 bits per heavy atom. The molecule has 6 nitrogen and oxygen atoms in total. The van der Waals surface area contributed by atoms with Gasteiger partial charge in [0.05, 0.1) is 0 Å². The molecular weight excluding hydrogens is 352 g/mol. The first-order chi connectivity index (χ1) is 13.4. The van der Waals surface area contributed by atoms with Gasteiger partial charge in [-0.1, -0.05) is 42.5 Å². The van der Waals surface area contributed by atoms with E-state index in [0.29, 0.717) is 12.1 Å². The maximum Gasteiger partial charge on any atom is 0.318 e. The molecule has 1 aliphatic heterocycles. The molecule has 0 radical (unpaired) electrons. The van der Waals surface area contributed by atoms with Gasteiger partial charge in [0, 0.05) is 43.8 Å². The Morgan fingerprint density at radius 1 is 0.964 bits per heavy atom. The Bertz CT molecular complexity index is 795. The lowest BCUT2D eigenvalue weighted by Gasteiger charge is -2.44. The first-order valence-corrected chi connectivity index (χ1v) is 9.65. The average molecular weight is 380 g/mol. The average Bonchev–Trinajstić information content (AvgIpc) is 2.67. The van der Waals surface area contributed by atoms with Gasteiger partial charge in [0.1, 0.15) is 0 Å². The number of hydrogen-bond acceptors (Lipinski definition) is 3. The van der Waals surface area contributed by atoms with Gasteiger partial charge in [0.2, 0.25) is 5.91 Å². The molecule has 2 aromatic carbocycles. The molecule has 3 N–H and O–H groups in total. The molecule has 0 aliphatic carbocycles. The van der Waals surface area contributed by atoms with Crippen molar-refractivity contribution in [2.45, 2.75) is 39.0 Å². The molecule has 1 aliphatic rings. The van der Waals surface area contributed by atoms with Gasteiger partial charge in [-0.3, -0.25) is 9.69 Å². The molecule has 1 heterocycles. The van der Waals surface area contributed by atoms with Crippen molar-refractivity contribution in [2.75, 3.05) is 13.1 Å². The van der Waals surface area contributed by atoms with Crippen molar-refractivity contribution in [3.8, 4) is 0 Å². The van der Waals surface area contributed by atoms with Crippen molar-refractivity contribution in [3.05, 3.63) is 71.3 Å². The molecule has 2 atom stereocenters. The van der Waals surface area contributed by atoms with Crippen molar-refractivity contribution >= 4 is 11.9 Å². The molecule has 0 unspecified atom stereocenters. The standard InChI is InChI=1S/C22H28N4O2/c1-16-13-25(15-19-8-10-20(11-9-19)21(23)27)14-17(2)26(16)22(28)24-12-18-6-4-3-5-7-18/h3-11,16-17H,12-15H2,1-2H3,(H2,23,27)(H,24,28)/t16-,17+. The molecule has 6 heteroatoms. The first-order valence-electron chi connectivity index (χ1n) is 9.65. The summed E-state index contributed by atoms with van der Waals surface area (Å²) in [6.45, 7) is 7.10. The molecule has 3 amide bonds. The number of primary amides is 1. The Balaban J connectivity index is 1.55. The third kappa shape index (κ3) is 4.89. The van der Waals surface area contributed by atoms with Crippen molar-refractivity contribution < 1.29 is 9.59 Å². The van der Waals surface area contributed by atoms with E-state index in [1.807, 2.05) is 47.4 Å². The number of nitrogens with zero attached hydrogens (tertiary/aromatic N) is 2. The predicted octanol–water partition coefficient (Wildman–Crippen LogP) is 2.59. The van der Waals surface area contributed by atoms with Crippen LogP contribution >= 0.6 is 0 Å². The monoisotopic (exact) mass is 380 g/mol. The van der Waals surface area contributed by atoms with Crippen LogP contribution in [0.5, 0.6) is 0 Å². The summed E-state index contributed by atoms with van der Waals surface area (Å²) in [4.78, 5) is 28.2. The quantitative estimate of drug-likeness (QED) is 0.837. The summed E-state index contributed by atoms with van der Waals surface area (Å²) < 4.78 is 0. The summed E-state index contributed by atoms with van der Waals surface area (Å²) in [5, 5.41) is 3.04. The highest BCUT2D eigenvalue weighted by Gasteiger charge is 2.32. The van der Waals surface area contributed by atoms with Crippen LogP contribution in [0, 0.1) is 0 Å². The summed E-state index contributed by atoms with van der Waals surface area (Å²) in [6, 6.07) is 17.5. The Morgan fingerprint density at radius 2 is 1.57 bits per heavy atom. The number of benzene rings is 2. The van der Waals surface area contributed by atoms with Gasteiger partial charge in [0.15, 0.2) is 0 Å². The van der Waals surface area contributed by atoms with Gasteiger partial charge in [0.25, 0.3) is 0 Å². The van der Waals surface area contributed by atoms with E-state index < -0.39 is 5.91 Å². The van der Waals surface area contributed by atoms with E-state index in [2.05, 4.69) is 24.1 Å². The van der Waals surface area contributed by atoms with Gasteiger partial charge < -0.3 is 16.0 Å². The van der Waals surface area contributed by atoms with Gasteiger partial charge in [-0.15, -0.1) is 0 Å². The molecule has 0 spiro atoms. The van der Waals surface area contributed by atoms with E-state index in [9.17, 15) is 9.59 Å². The minimum absolute atomic E-state index is 0.0192. The summed E-state index contributed by atoms with van der Waals surface area (Å²) in [7, 11) is 0. The van der Waals surface area contributed by atoms with Crippen LogP contribution in [-0.4, -0.2) is 46.9 Å². The normalized spacial score (nSPS) is 20.0. The lowest BCUT2D eigenvalue weighted by molar-refractivity contribution is 0.0599. The third-order valence-corrected chi connectivity index (χ3v) is 5.16. The number of carbonyl (C=O) groups excluding carboxylic acids is 2. The van der Waals surface area contributed by atoms with Crippen molar-refractivity contribution in [2.24, 2.45) is 5.73 Å². The van der Waals surface area contributed by atoms with E-state index in [-0.39, 0.29) is 18.1 Å². The molecule has 148 valence electrons. The maximum atomic E-state index is 12.7. The Kier molecular flexibility index (Phi) is 6.31. The molecule has 0 bridgehead atoms. The zero-order valence-corrected chi connectivity index (χ0v) is 16.5. The van der Waals surface area contributed by atoms with Crippen LogP contribution in [0.2, 0.25) is 0 Å². The van der Waals surface area contributed by atoms with Crippen LogP contribution in [0.25, 0.3) is 0 Å². The van der Waals surface area contributed by atoms with Gasteiger partial charge >= 0.3 is 6.03 Å². The van der Waals surface area contributed by atoms with E-state index in [4.69, 9.17) is 5.73 Å². The van der Waals surface area contributed by atoms with Crippen molar-refractivity contribution in [3.63, 3.8) is 0 Å². The summed E-state index contributed by atoms with van der Waals surface area (Å²) >= 11 is 0. The maximum absolute atomic E-state index is 12.7. The van der Waals surface area contributed by atoms with Gasteiger partial charge in [-0.05, 0) is 37.1 Å². The van der Waals surface area contributed by atoms with Crippen LogP contribution < -0.4 is 11.1 Å². The highest BCUT2D eigenvalue weighted by atomic mass is 16.2. The smallest absolute Gasteiger partial charge is 0.318 e. The van der Waals surface area contributed by atoms with Crippen LogP contribution in [0.1, 0.15) is 35.3 Å². The fourth-order valence-electron chi connectivity index (χ4n) is 3.86. The van der Waals surface area contributed by atoms with E-state index >= 15 is 0 Å². The third-order valence-electron chi connectivity index (χ3n) is 5.16. The number of carbonyl (C=O) groups is 2. The molecule has 3 rings (SSSR count). The number of piperazine rings is 1. The topological polar surface area (TPSA) is 78.7 Å². The fraction of sp³-hybridized carbons (Fsp3) is 0.364. The predicted molar refractivity (Wildman–Crippen MR) is 110 cm³/mol. The Labute approximate surface area is 166 Å². The number of urea groups is 1. The lowest BCUT2D eigenvalue weighted by Crippen LogP contribution is -2.60. The Hall–Kier alpha value is -2.86. The first kappa shape index (κ1) is 19.9. The minimum atomic E-state index is -0.413. The fourth-order valence-corrected chi connectivity index (χ4v) is 3.86. The summed E-state index contributed by atoms with van der Waals surface area (Å²) in [5.74, 6) is -0.413. The molecule has 1 fully saturated rings. The van der Waals surface area contributed by atoms with Crippen molar-refractivity contribution in [1.29, 1.82) is 0 Å². The largest absolute Gasteiger partial charge is 0.366 e. The van der Waals surface area contributed by atoms with Gasteiger partial charge in [-0.25, -0.2) is 4.79 Å². The lowest BCUT2D eigenvalue weighted by atomic mass is 10.1. The van der Waals surface area contributed by atoms with E-state index in [1.165, 1.54) is 0 Å². The minimum Gasteiger partial charge on any atom is -0.366 e. The molecule has 0 saturated carbocycles. The second-order valence-electron chi connectivity index (χ2n) is 7.50. The van der Waals surface area contributed by atoms with Crippen LogP contribution in [0.3, 0.4) is 0 Å². The van der Waals surface area contributed by atoms with E-state index in [1.54, 1.807) is 12.1 Å². The molecular formula is C22H28N4O2. The van der Waals surface area contributed by atoms with E-state index in [0.717, 1.165) is 30.8 Å². The highest BCUT2D eigenvalue weighted by Crippen LogP contribution is 2.18. The summed E-state index contributed by atoms with van der Waals surface area (Å²) in [6.07, 6.45) is 0. The van der Waals surface area contributed by atoms with Crippen LogP contribution in [0.4, 0.5) is 4.79 Å². The second kappa shape index (κ2) is 8.89. The number of amides is 3. The number of rotatable bonds is 5. The molecule has 1 saturated heterocycles. The van der Waals surface area contributed by atoms with Crippen molar-refractivity contribution in [1.82, 2.24) is 15.1 Å². The van der Waals surface area contributed by atoms with Crippen LogP contribution in [-0.2, 0) is 13.1 Å². The second-order valence-corrected chi connectivity index (χ2v) is 7.50. The molecule has 2 aromatic rings. The number of nitrogens with two attached hydrogens (primary N) is 1. The zero-order chi connectivity index (χ0) is 20.1. The SMILES string of the molecule is C[C@@H]1CN(Cc2ccc(C(N)=O)cc2)C[C@H](C)N1C(=O)NCc1ccccc1. The number of nitrogens with one attached hydrogen (secondary N) is 1. The van der Waals surface area contributed by atoms with Crippen LogP contribution in [0.15, 0.2) is 54.6 Å². The number of hydrogen-bond donors (Lipinski definition) is 2. The highest BCUT2D eigenvalue weighted by molar-refractivity contribution is 5.92. The summed E-state index contributed by atoms with van der Waals surface area (Å²) in [5.41, 5.74) is 8.04. The van der Waals surface area contributed by atoms with Gasteiger partial charge in [-0.2, -0.15) is 0 Å². The molecule has 28 heavy (non-hydrogen) atoms.